The van der Waals surface area contributed by atoms with Crippen molar-refractivity contribution in [2.75, 3.05) is 19.5 Å². The van der Waals surface area contributed by atoms with Crippen LogP contribution in [0.3, 0.4) is 0 Å². The van der Waals surface area contributed by atoms with Crippen LogP contribution in [0.4, 0.5) is 0 Å². The Morgan fingerprint density at radius 2 is 2.14 bits per heavy atom. The number of alkyl halides is 1. The van der Waals surface area contributed by atoms with Crippen LogP contribution in [-0.4, -0.2) is 37.4 Å². The van der Waals surface area contributed by atoms with Gasteiger partial charge in [-0.3, -0.25) is 0 Å². The molecule has 0 saturated heterocycles. The molecule has 0 bridgehead atoms. The van der Waals surface area contributed by atoms with Crippen LogP contribution in [0, 0.1) is 0 Å². The van der Waals surface area contributed by atoms with Crippen LogP contribution in [-0.2, 0) is 27.0 Å². The minimum atomic E-state index is -3.31. The summed E-state index contributed by atoms with van der Waals surface area (Å²) < 4.78 is 31.0. The van der Waals surface area contributed by atoms with Crippen LogP contribution in [0.15, 0.2) is 23.1 Å². The number of para-hydroxylation sites is 1. The second kappa shape index (κ2) is 6.77. The Bertz CT molecular complexity index is 725. The van der Waals surface area contributed by atoms with Crippen LogP contribution < -0.4 is 0 Å². The predicted octanol–water partition coefficient (Wildman–Crippen LogP) is 2.61. The topological polar surface area (TPSA) is 61.2 Å². The van der Waals surface area contributed by atoms with Crippen LogP contribution >= 0.6 is 11.6 Å². The fraction of sp³-hybridized carbons (Fsp3) is 0.500. The third-order valence-electron chi connectivity index (χ3n) is 3.21. The van der Waals surface area contributed by atoms with Gasteiger partial charge in [0.15, 0.2) is 9.84 Å². The first kappa shape index (κ1) is 16.3. The highest BCUT2D eigenvalue weighted by atomic mass is 35.5. The van der Waals surface area contributed by atoms with Gasteiger partial charge in [-0.15, -0.1) is 11.6 Å². The number of aromatic nitrogens is 2. The van der Waals surface area contributed by atoms with E-state index >= 15 is 0 Å². The van der Waals surface area contributed by atoms with E-state index in [-0.39, 0.29) is 10.8 Å². The fourth-order valence-electron chi connectivity index (χ4n) is 2.29. The van der Waals surface area contributed by atoms with Crippen molar-refractivity contribution in [2.24, 2.45) is 0 Å². The van der Waals surface area contributed by atoms with E-state index in [1.807, 2.05) is 17.6 Å². The van der Waals surface area contributed by atoms with Gasteiger partial charge >= 0.3 is 0 Å². The van der Waals surface area contributed by atoms with Crippen molar-refractivity contribution in [3.05, 3.63) is 24.0 Å². The molecular formula is C14H19ClN2O3S. The van der Waals surface area contributed by atoms with Gasteiger partial charge in [-0.1, -0.05) is 6.07 Å². The second-order valence-electron chi connectivity index (χ2n) is 4.76. The van der Waals surface area contributed by atoms with Gasteiger partial charge in [0, 0.05) is 26.0 Å². The number of hydrogen-bond acceptors (Lipinski definition) is 4. The average molecular weight is 331 g/mol. The zero-order chi connectivity index (χ0) is 15.5. The number of benzene rings is 1. The second-order valence-corrected chi connectivity index (χ2v) is 7.01. The molecule has 2 aromatic rings. The minimum Gasteiger partial charge on any atom is -0.382 e. The number of sulfone groups is 1. The van der Waals surface area contributed by atoms with E-state index in [0.717, 1.165) is 11.9 Å². The van der Waals surface area contributed by atoms with Crippen LogP contribution in [0.1, 0.15) is 19.2 Å². The quantitative estimate of drug-likeness (QED) is 0.578. The Labute approximate surface area is 129 Å². The predicted molar refractivity (Wildman–Crippen MR) is 83.5 cm³/mol. The van der Waals surface area contributed by atoms with Gasteiger partial charge in [0.05, 0.1) is 16.3 Å². The van der Waals surface area contributed by atoms with Gasteiger partial charge in [0.1, 0.15) is 11.3 Å². The number of ether oxygens (including phenoxy) is 1. The Morgan fingerprint density at radius 1 is 1.38 bits per heavy atom. The third-order valence-corrected chi connectivity index (χ3v) is 4.58. The first-order valence-corrected chi connectivity index (χ1v) is 9.23. The summed E-state index contributed by atoms with van der Waals surface area (Å²) in [5, 5.41) is 0. The molecule has 0 aliphatic heterocycles. The number of halogens is 1. The van der Waals surface area contributed by atoms with Crippen molar-refractivity contribution in [2.45, 2.75) is 30.7 Å². The molecule has 1 aromatic heterocycles. The lowest BCUT2D eigenvalue weighted by atomic mass is 10.3. The van der Waals surface area contributed by atoms with Crippen molar-refractivity contribution >= 4 is 32.5 Å². The van der Waals surface area contributed by atoms with Crippen molar-refractivity contribution in [3.63, 3.8) is 0 Å². The summed E-state index contributed by atoms with van der Waals surface area (Å²) in [4.78, 5) is 4.65. The van der Waals surface area contributed by atoms with Gasteiger partial charge in [0.25, 0.3) is 0 Å². The lowest BCUT2D eigenvalue weighted by Crippen LogP contribution is -2.05. The Balaban J connectivity index is 2.45. The highest BCUT2D eigenvalue weighted by molar-refractivity contribution is 7.91. The van der Waals surface area contributed by atoms with E-state index in [1.165, 1.54) is 6.26 Å². The number of fused-ring (bicyclic) bond motifs is 1. The van der Waals surface area contributed by atoms with Crippen LogP contribution in [0.25, 0.3) is 11.0 Å². The highest BCUT2D eigenvalue weighted by Crippen LogP contribution is 2.24. The molecule has 7 heteroatoms. The lowest BCUT2D eigenvalue weighted by molar-refractivity contribution is 0.142. The largest absolute Gasteiger partial charge is 0.382 e. The molecule has 0 aliphatic rings. The molecule has 0 atom stereocenters. The summed E-state index contributed by atoms with van der Waals surface area (Å²) in [7, 11) is -3.31. The van der Waals surface area contributed by atoms with Gasteiger partial charge in [-0.25, -0.2) is 13.4 Å². The van der Waals surface area contributed by atoms with Gasteiger partial charge < -0.3 is 9.30 Å². The molecule has 1 heterocycles. The molecule has 116 valence electrons. The Morgan fingerprint density at radius 3 is 2.76 bits per heavy atom. The van der Waals surface area contributed by atoms with Crippen LogP contribution in [0.5, 0.6) is 0 Å². The lowest BCUT2D eigenvalue weighted by Gasteiger charge is -2.08. The summed E-state index contributed by atoms with van der Waals surface area (Å²) in [6.07, 6.45) is 2.02. The zero-order valence-corrected chi connectivity index (χ0v) is 13.7. The van der Waals surface area contributed by atoms with E-state index in [9.17, 15) is 8.42 Å². The summed E-state index contributed by atoms with van der Waals surface area (Å²) in [5.41, 5.74) is 1.29. The zero-order valence-electron chi connectivity index (χ0n) is 12.2. The van der Waals surface area contributed by atoms with Crippen molar-refractivity contribution in [1.82, 2.24) is 9.55 Å². The summed E-state index contributed by atoms with van der Waals surface area (Å²) in [6, 6.07) is 5.18. The van der Waals surface area contributed by atoms with Crippen molar-refractivity contribution < 1.29 is 13.2 Å². The molecule has 0 radical (unpaired) electrons. The molecule has 0 N–H and O–H groups in total. The number of nitrogens with zero attached hydrogens (tertiary/aromatic N) is 2. The molecule has 0 amide bonds. The van der Waals surface area contributed by atoms with Gasteiger partial charge in [0.2, 0.25) is 0 Å². The number of imidazole rings is 1. The fourth-order valence-corrected chi connectivity index (χ4v) is 3.32. The molecule has 5 nitrogen and oxygen atoms in total. The molecule has 21 heavy (non-hydrogen) atoms. The van der Waals surface area contributed by atoms with Gasteiger partial charge in [-0.05, 0) is 25.5 Å². The molecule has 0 saturated carbocycles. The molecule has 0 spiro atoms. The molecular weight excluding hydrogens is 312 g/mol. The smallest absolute Gasteiger partial charge is 0.177 e. The molecule has 0 unspecified atom stereocenters. The maximum atomic E-state index is 11.9. The molecule has 2 rings (SSSR count). The van der Waals surface area contributed by atoms with Crippen molar-refractivity contribution in [3.8, 4) is 0 Å². The third kappa shape index (κ3) is 3.56. The summed E-state index contributed by atoms with van der Waals surface area (Å²) >= 11 is 5.95. The SMILES string of the molecule is CCOCCCn1c(CCl)nc2c(S(C)(=O)=O)cccc21. The monoisotopic (exact) mass is 330 g/mol. The van der Waals surface area contributed by atoms with Gasteiger partial charge in [-0.2, -0.15) is 0 Å². The standard InChI is InChI=1S/C14H19ClN2O3S/c1-3-20-9-5-8-17-11-6-4-7-12(21(2,18)19)14(11)16-13(17)10-15/h4,6-7H,3,5,8-10H2,1-2H3. The first-order chi connectivity index (χ1) is 9.99. The number of rotatable bonds is 7. The Kier molecular flexibility index (Phi) is 5.24. The van der Waals surface area contributed by atoms with E-state index in [1.54, 1.807) is 12.1 Å². The Hall–Kier alpha value is -1.11. The molecule has 0 aliphatic carbocycles. The molecule has 0 fully saturated rings. The maximum Gasteiger partial charge on any atom is 0.177 e. The number of aryl methyl sites for hydroxylation is 1. The maximum absolute atomic E-state index is 11.9. The van der Waals surface area contributed by atoms with E-state index in [0.29, 0.717) is 31.1 Å². The average Bonchev–Trinajstić information content (AvgIpc) is 2.80. The summed E-state index contributed by atoms with van der Waals surface area (Å²) in [6.45, 7) is 4.00. The van der Waals surface area contributed by atoms with E-state index in [4.69, 9.17) is 16.3 Å². The highest BCUT2D eigenvalue weighted by Gasteiger charge is 2.18. The van der Waals surface area contributed by atoms with E-state index < -0.39 is 9.84 Å². The first-order valence-electron chi connectivity index (χ1n) is 6.81. The normalized spacial score (nSPS) is 12.1. The van der Waals surface area contributed by atoms with Crippen LogP contribution in [0.2, 0.25) is 0 Å². The minimum absolute atomic E-state index is 0.243. The summed E-state index contributed by atoms with van der Waals surface area (Å²) in [5.74, 6) is 0.922. The molecule has 1 aromatic carbocycles. The van der Waals surface area contributed by atoms with Crippen molar-refractivity contribution in [1.29, 1.82) is 0 Å². The van der Waals surface area contributed by atoms with E-state index in [2.05, 4.69) is 4.98 Å². The number of hydrogen-bond donors (Lipinski definition) is 0.